The molecule has 0 aliphatic carbocycles. The maximum atomic E-state index is 13.7. The highest BCUT2D eigenvalue weighted by Crippen LogP contribution is 2.34. The predicted octanol–water partition coefficient (Wildman–Crippen LogP) is 2.51. The van der Waals surface area contributed by atoms with Crippen molar-refractivity contribution in [1.29, 1.82) is 0 Å². The molecule has 5 atom stereocenters. The van der Waals surface area contributed by atoms with E-state index in [0.717, 1.165) is 18.4 Å². The number of carbonyl (C=O) groups is 1. The number of ether oxygens (including phenoxy) is 6. The normalized spacial score (nSPS) is 24.2. The van der Waals surface area contributed by atoms with Crippen LogP contribution in [0.4, 0.5) is 0 Å². The van der Waals surface area contributed by atoms with Gasteiger partial charge < -0.3 is 33.5 Å². The maximum absolute atomic E-state index is 13.7. The molecule has 0 saturated carbocycles. The molecule has 2 unspecified atom stereocenters. The predicted molar refractivity (Wildman–Crippen MR) is 143 cm³/mol. The number of hydrogen-bond donors (Lipinski definition) is 2. The third-order valence-corrected chi connectivity index (χ3v) is 8.09. The van der Waals surface area contributed by atoms with Gasteiger partial charge in [-0.05, 0) is 62.9 Å². The van der Waals surface area contributed by atoms with Crippen molar-refractivity contribution in [3.63, 3.8) is 0 Å². The van der Waals surface area contributed by atoms with Crippen molar-refractivity contribution in [3.05, 3.63) is 60.2 Å². The highest BCUT2D eigenvalue weighted by atomic mass is 32.2. The molecule has 2 aromatic carbocycles. The minimum absolute atomic E-state index is 0.0931. The fourth-order valence-electron chi connectivity index (χ4n) is 4.68. The average molecular weight is 580 g/mol. The standard InChI is InChI=1S/C28H37NO10S/c1-28(2)38-22(17-30)25(39-28)26(37-23-11-7-8-16-35-23)24(27(31)36-18-19-9-5-4-6-10-19)29-40(32,33)21-14-12-20(34-3)13-15-21/h4-6,9-10,12-15,22-26,29-30H,7-8,11,16-18H2,1-3H3/t22-,23?,24?,25+,26-/m0/s1. The average Bonchev–Trinajstić information content (AvgIpc) is 3.28. The molecule has 12 heteroatoms. The molecule has 2 saturated heterocycles. The molecule has 0 amide bonds. The van der Waals surface area contributed by atoms with Crippen LogP contribution in [0.3, 0.4) is 0 Å². The number of aliphatic hydroxyl groups excluding tert-OH is 1. The Morgan fingerprint density at radius 3 is 2.45 bits per heavy atom. The number of nitrogens with one attached hydrogen (secondary N) is 1. The molecule has 2 heterocycles. The Kier molecular flexibility index (Phi) is 10.2. The Morgan fingerprint density at radius 1 is 1.10 bits per heavy atom. The van der Waals surface area contributed by atoms with Crippen LogP contribution in [0.5, 0.6) is 5.75 Å². The van der Waals surface area contributed by atoms with Gasteiger partial charge in [0.1, 0.15) is 36.7 Å². The van der Waals surface area contributed by atoms with Crippen molar-refractivity contribution in [2.24, 2.45) is 0 Å². The number of hydrogen-bond acceptors (Lipinski definition) is 10. The van der Waals surface area contributed by atoms with Gasteiger partial charge in [0.05, 0.1) is 18.6 Å². The smallest absolute Gasteiger partial charge is 0.327 e. The number of aliphatic hydroxyl groups is 1. The van der Waals surface area contributed by atoms with E-state index in [2.05, 4.69) is 4.72 Å². The van der Waals surface area contributed by atoms with E-state index >= 15 is 0 Å². The quantitative estimate of drug-likeness (QED) is 0.361. The molecule has 220 valence electrons. The summed E-state index contributed by atoms with van der Waals surface area (Å²) in [4.78, 5) is 13.6. The van der Waals surface area contributed by atoms with Crippen molar-refractivity contribution >= 4 is 16.0 Å². The molecule has 40 heavy (non-hydrogen) atoms. The van der Waals surface area contributed by atoms with Gasteiger partial charge in [0, 0.05) is 6.61 Å². The van der Waals surface area contributed by atoms with Crippen LogP contribution < -0.4 is 9.46 Å². The molecule has 2 N–H and O–H groups in total. The summed E-state index contributed by atoms with van der Waals surface area (Å²) in [5.74, 6) is -1.54. The third kappa shape index (κ3) is 7.78. The molecule has 11 nitrogen and oxygen atoms in total. The molecular weight excluding hydrogens is 542 g/mol. The second-order valence-electron chi connectivity index (χ2n) is 10.1. The van der Waals surface area contributed by atoms with Gasteiger partial charge in [0.25, 0.3) is 0 Å². The summed E-state index contributed by atoms with van der Waals surface area (Å²) in [6.07, 6.45) is -1.70. The lowest BCUT2D eigenvalue weighted by atomic mass is 10.0. The Labute approximate surface area is 234 Å². The Hall–Kier alpha value is -2.58. The fraction of sp³-hybridized carbons (Fsp3) is 0.536. The van der Waals surface area contributed by atoms with E-state index in [1.54, 1.807) is 38.1 Å². The third-order valence-electron chi connectivity index (χ3n) is 6.63. The van der Waals surface area contributed by atoms with E-state index < -0.39 is 59.0 Å². The highest BCUT2D eigenvalue weighted by Gasteiger charge is 2.51. The second-order valence-corrected chi connectivity index (χ2v) is 11.8. The molecule has 2 aliphatic rings. The molecule has 0 radical (unpaired) electrons. The van der Waals surface area contributed by atoms with Crippen LogP contribution in [-0.4, -0.2) is 76.2 Å². The molecule has 4 rings (SSSR count). The first-order valence-corrected chi connectivity index (χ1v) is 14.7. The number of benzene rings is 2. The number of rotatable bonds is 12. The Balaban J connectivity index is 1.69. The molecule has 2 aliphatic heterocycles. The maximum Gasteiger partial charge on any atom is 0.327 e. The van der Waals surface area contributed by atoms with Gasteiger partial charge in [-0.15, -0.1) is 0 Å². The zero-order valence-corrected chi connectivity index (χ0v) is 23.7. The van der Waals surface area contributed by atoms with Crippen LogP contribution in [0.2, 0.25) is 0 Å². The fourth-order valence-corrected chi connectivity index (χ4v) is 5.88. The van der Waals surface area contributed by atoms with Crippen LogP contribution in [0.15, 0.2) is 59.5 Å². The molecular formula is C28H37NO10S. The first-order valence-electron chi connectivity index (χ1n) is 13.2. The van der Waals surface area contributed by atoms with Gasteiger partial charge in [0.15, 0.2) is 12.1 Å². The summed E-state index contributed by atoms with van der Waals surface area (Å²) in [5.41, 5.74) is 0.718. The first-order chi connectivity index (χ1) is 19.1. The van der Waals surface area contributed by atoms with Crippen molar-refractivity contribution in [2.75, 3.05) is 20.3 Å². The van der Waals surface area contributed by atoms with E-state index in [0.29, 0.717) is 18.8 Å². The van der Waals surface area contributed by atoms with Crippen LogP contribution in [0.25, 0.3) is 0 Å². The number of methoxy groups -OCH3 is 1. The SMILES string of the molecule is COc1ccc(S(=O)(=O)NC(C(=O)OCc2ccccc2)[C@H](OC2CCCCO2)[C@@H]2OC(C)(C)O[C@H]2CO)cc1. The summed E-state index contributed by atoms with van der Waals surface area (Å²) >= 11 is 0. The Bertz CT molecular complexity index is 1200. The van der Waals surface area contributed by atoms with E-state index in [1.165, 1.54) is 31.4 Å². The van der Waals surface area contributed by atoms with Crippen LogP contribution in [0, 0.1) is 0 Å². The van der Waals surface area contributed by atoms with E-state index in [-0.39, 0.29) is 11.5 Å². The minimum Gasteiger partial charge on any atom is -0.497 e. The van der Waals surface area contributed by atoms with E-state index in [1.807, 2.05) is 6.07 Å². The second kappa shape index (κ2) is 13.4. The number of sulfonamides is 1. The monoisotopic (exact) mass is 579 g/mol. The van der Waals surface area contributed by atoms with Gasteiger partial charge in [-0.25, -0.2) is 8.42 Å². The summed E-state index contributed by atoms with van der Waals surface area (Å²) in [5, 5.41) is 10.1. The van der Waals surface area contributed by atoms with Gasteiger partial charge in [-0.2, -0.15) is 4.72 Å². The Morgan fingerprint density at radius 2 is 1.82 bits per heavy atom. The first kappa shape index (κ1) is 30.4. The largest absolute Gasteiger partial charge is 0.497 e. The van der Waals surface area contributed by atoms with Gasteiger partial charge in [0.2, 0.25) is 10.0 Å². The summed E-state index contributed by atoms with van der Waals surface area (Å²) in [6, 6.07) is 13.2. The van der Waals surface area contributed by atoms with Gasteiger partial charge in [-0.1, -0.05) is 30.3 Å². The summed E-state index contributed by atoms with van der Waals surface area (Å²) in [7, 11) is -2.80. The zero-order valence-electron chi connectivity index (χ0n) is 22.9. The molecule has 0 spiro atoms. The molecule has 2 aromatic rings. The van der Waals surface area contributed by atoms with Crippen molar-refractivity contribution in [3.8, 4) is 5.75 Å². The summed E-state index contributed by atoms with van der Waals surface area (Å²) < 4.78 is 64.2. The van der Waals surface area contributed by atoms with Crippen LogP contribution in [0.1, 0.15) is 38.7 Å². The van der Waals surface area contributed by atoms with Crippen molar-refractivity contribution in [1.82, 2.24) is 4.72 Å². The lowest BCUT2D eigenvalue weighted by Crippen LogP contribution is -2.58. The van der Waals surface area contributed by atoms with Gasteiger partial charge >= 0.3 is 5.97 Å². The molecule has 0 aromatic heterocycles. The topological polar surface area (TPSA) is 139 Å². The van der Waals surface area contributed by atoms with Crippen molar-refractivity contribution < 1.29 is 46.7 Å². The van der Waals surface area contributed by atoms with E-state index in [9.17, 15) is 18.3 Å². The van der Waals surface area contributed by atoms with Gasteiger partial charge in [-0.3, -0.25) is 4.79 Å². The molecule has 0 bridgehead atoms. The summed E-state index contributed by atoms with van der Waals surface area (Å²) in [6.45, 7) is 3.23. The van der Waals surface area contributed by atoms with Crippen LogP contribution in [-0.2, 0) is 45.1 Å². The number of esters is 1. The zero-order chi connectivity index (χ0) is 28.8. The van der Waals surface area contributed by atoms with Crippen LogP contribution >= 0.6 is 0 Å². The lowest BCUT2D eigenvalue weighted by Gasteiger charge is -2.35. The number of carbonyl (C=O) groups excluding carboxylic acids is 1. The van der Waals surface area contributed by atoms with E-state index in [4.69, 9.17) is 28.4 Å². The van der Waals surface area contributed by atoms with Crippen molar-refractivity contribution in [2.45, 2.75) is 81.0 Å². The lowest BCUT2D eigenvalue weighted by molar-refractivity contribution is -0.226. The highest BCUT2D eigenvalue weighted by molar-refractivity contribution is 7.89. The minimum atomic E-state index is -4.27. The molecule has 2 fully saturated rings.